The summed E-state index contributed by atoms with van der Waals surface area (Å²) in [6, 6.07) is 0. The predicted octanol–water partition coefficient (Wildman–Crippen LogP) is -1.53. The van der Waals surface area contributed by atoms with E-state index in [1.54, 1.807) is 6.92 Å². The van der Waals surface area contributed by atoms with Crippen LogP contribution in [0.15, 0.2) is 15.8 Å². The standard InChI is InChI=1S/C11H16N3O5P/c1-6-4-14(11(16)13-10(6)15)9-2-7-5-20(17,18)12-3-8(7)19-9/h4,7-9H,2-3,5H2,1H3,(H2,12,17,18)(H,13,15,16)/t7-,8-,9?/m1/s1. The highest BCUT2D eigenvalue weighted by atomic mass is 31.2. The molecule has 2 aliphatic heterocycles. The Balaban J connectivity index is 1.86. The van der Waals surface area contributed by atoms with Crippen LogP contribution in [0.4, 0.5) is 0 Å². The quantitative estimate of drug-likeness (QED) is 0.541. The molecule has 8 nitrogen and oxygen atoms in total. The fraction of sp³-hybridized carbons (Fsp3) is 0.636. The summed E-state index contributed by atoms with van der Waals surface area (Å²) in [6.07, 6.45) is 1.41. The first-order valence-corrected chi connectivity index (χ1v) is 8.25. The molecule has 0 saturated carbocycles. The molecule has 2 fully saturated rings. The maximum absolute atomic E-state index is 11.8. The fourth-order valence-electron chi connectivity index (χ4n) is 2.78. The van der Waals surface area contributed by atoms with Crippen LogP contribution in [0.1, 0.15) is 18.2 Å². The van der Waals surface area contributed by atoms with Gasteiger partial charge in [-0.3, -0.25) is 14.3 Å². The molecule has 3 N–H and O–H groups in total. The van der Waals surface area contributed by atoms with E-state index in [0.29, 0.717) is 18.5 Å². The summed E-state index contributed by atoms with van der Waals surface area (Å²) in [4.78, 5) is 46.7. The molecule has 3 heterocycles. The summed E-state index contributed by atoms with van der Waals surface area (Å²) in [5, 5.41) is 2.58. The summed E-state index contributed by atoms with van der Waals surface area (Å²) in [6.45, 7) is 1.91. The van der Waals surface area contributed by atoms with Crippen LogP contribution in [0.2, 0.25) is 0 Å². The van der Waals surface area contributed by atoms with E-state index in [0.717, 1.165) is 0 Å². The third-order valence-corrected chi connectivity index (χ3v) is 5.48. The molecule has 2 aliphatic rings. The number of hydrogen-bond donors (Lipinski definition) is 3. The molecule has 4 atom stereocenters. The first-order valence-electron chi connectivity index (χ1n) is 6.40. The maximum atomic E-state index is 11.8. The van der Waals surface area contributed by atoms with Crippen LogP contribution >= 0.6 is 7.87 Å². The first-order chi connectivity index (χ1) is 9.35. The SMILES string of the molecule is Cc1cn(C2C[C@@H]3C[P+]([O-])(O)NC[C@H]3O2)c(=O)[nH]c1=O. The molecule has 0 amide bonds. The average molecular weight is 301 g/mol. The number of H-pyrrole nitrogens is 1. The van der Waals surface area contributed by atoms with E-state index in [9.17, 15) is 19.4 Å². The highest BCUT2D eigenvalue weighted by Crippen LogP contribution is 2.50. The van der Waals surface area contributed by atoms with Crippen LogP contribution in [0.5, 0.6) is 0 Å². The number of rotatable bonds is 1. The number of hydrogen-bond acceptors (Lipinski definition) is 6. The van der Waals surface area contributed by atoms with Gasteiger partial charge in [0.15, 0.2) is 7.87 Å². The topological polar surface area (TPSA) is 119 Å². The number of aromatic amines is 1. The minimum absolute atomic E-state index is 0.0591. The number of nitrogens with zero attached hydrogens (tertiary/aromatic N) is 1. The van der Waals surface area contributed by atoms with Crippen molar-refractivity contribution in [3.63, 3.8) is 0 Å². The number of aryl methyl sites for hydroxylation is 1. The molecule has 3 rings (SSSR count). The van der Waals surface area contributed by atoms with Gasteiger partial charge in [-0.25, -0.2) is 9.69 Å². The van der Waals surface area contributed by atoms with Gasteiger partial charge in [-0.2, -0.15) is 5.09 Å². The largest absolute Gasteiger partial charge is 0.641 e. The lowest BCUT2D eigenvalue weighted by molar-refractivity contribution is -0.194. The molecule has 0 aromatic carbocycles. The third-order valence-electron chi connectivity index (χ3n) is 3.84. The number of ether oxygens (including phenoxy) is 1. The van der Waals surface area contributed by atoms with Crippen LogP contribution < -0.4 is 21.2 Å². The minimum Gasteiger partial charge on any atom is -0.641 e. The molecule has 0 spiro atoms. The molecule has 0 radical (unpaired) electrons. The van der Waals surface area contributed by atoms with Gasteiger partial charge >= 0.3 is 5.69 Å². The highest BCUT2D eigenvalue weighted by molar-refractivity contribution is 7.61. The van der Waals surface area contributed by atoms with Gasteiger partial charge in [0.1, 0.15) is 12.4 Å². The van der Waals surface area contributed by atoms with Crippen molar-refractivity contribution < 1.29 is 14.5 Å². The van der Waals surface area contributed by atoms with Gasteiger partial charge in [0.25, 0.3) is 5.56 Å². The Hall–Kier alpha value is -1.05. The van der Waals surface area contributed by atoms with Gasteiger partial charge in [0.05, 0.1) is 12.6 Å². The van der Waals surface area contributed by atoms with Gasteiger partial charge in [0, 0.05) is 24.1 Å². The molecule has 9 heteroatoms. The molecule has 0 aliphatic carbocycles. The van der Waals surface area contributed by atoms with Crippen LogP contribution in [0.3, 0.4) is 0 Å². The fourth-order valence-corrected chi connectivity index (χ4v) is 4.39. The lowest BCUT2D eigenvalue weighted by Crippen LogP contribution is -2.44. The molecular formula is C11H16N3O5P. The van der Waals surface area contributed by atoms with Crippen LogP contribution in [-0.4, -0.2) is 33.3 Å². The van der Waals surface area contributed by atoms with E-state index in [-0.39, 0.29) is 18.2 Å². The minimum atomic E-state index is -3.28. The Labute approximate surface area is 115 Å². The summed E-state index contributed by atoms with van der Waals surface area (Å²) >= 11 is 0. The molecule has 0 bridgehead atoms. The van der Waals surface area contributed by atoms with Crippen molar-refractivity contribution in [1.29, 1.82) is 0 Å². The molecule has 2 saturated heterocycles. The second-order valence-electron chi connectivity index (χ2n) is 5.35. The zero-order valence-electron chi connectivity index (χ0n) is 10.9. The van der Waals surface area contributed by atoms with E-state index < -0.39 is 25.3 Å². The van der Waals surface area contributed by atoms with Crippen molar-refractivity contribution >= 4 is 7.87 Å². The average Bonchev–Trinajstić information content (AvgIpc) is 2.74. The molecule has 20 heavy (non-hydrogen) atoms. The second kappa shape index (κ2) is 4.75. The van der Waals surface area contributed by atoms with Crippen molar-refractivity contribution in [2.24, 2.45) is 5.92 Å². The van der Waals surface area contributed by atoms with Gasteiger partial charge in [0.2, 0.25) is 0 Å². The van der Waals surface area contributed by atoms with Gasteiger partial charge < -0.3 is 9.63 Å². The van der Waals surface area contributed by atoms with E-state index in [1.807, 2.05) is 0 Å². The van der Waals surface area contributed by atoms with Gasteiger partial charge in [-0.15, -0.1) is 0 Å². The van der Waals surface area contributed by atoms with E-state index in [4.69, 9.17) is 4.74 Å². The zero-order valence-corrected chi connectivity index (χ0v) is 11.8. The van der Waals surface area contributed by atoms with Crippen LogP contribution in [0.25, 0.3) is 0 Å². The molecule has 110 valence electrons. The summed E-state index contributed by atoms with van der Waals surface area (Å²) < 4.78 is 7.11. The van der Waals surface area contributed by atoms with Crippen molar-refractivity contribution in [2.45, 2.75) is 25.7 Å². The number of fused-ring (bicyclic) bond motifs is 1. The summed E-state index contributed by atoms with van der Waals surface area (Å²) in [5.41, 5.74) is -0.512. The van der Waals surface area contributed by atoms with Crippen molar-refractivity contribution in [1.82, 2.24) is 14.6 Å². The molecule has 1 aromatic heterocycles. The number of nitrogens with one attached hydrogen (secondary N) is 2. The third kappa shape index (κ3) is 2.45. The summed E-state index contributed by atoms with van der Waals surface area (Å²) in [7, 11) is -3.28. The Morgan fingerprint density at radius 1 is 1.55 bits per heavy atom. The van der Waals surface area contributed by atoms with Crippen molar-refractivity contribution in [2.75, 3.05) is 12.7 Å². The van der Waals surface area contributed by atoms with Crippen molar-refractivity contribution in [3.8, 4) is 0 Å². The van der Waals surface area contributed by atoms with Gasteiger partial charge in [-0.05, 0) is 6.92 Å². The van der Waals surface area contributed by atoms with E-state index >= 15 is 0 Å². The Morgan fingerprint density at radius 2 is 2.30 bits per heavy atom. The summed E-state index contributed by atoms with van der Waals surface area (Å²) in [5.74, 6) is -0.0591. The zero-order chi connectivity index (χ0) is 14.5. The Kier molecular flexibility index (Phi) is 3.30. The predicted molar refractivity (Wildman–Crippen MR) is 70.1 cm³/mol. The van der Waals surface area contributed by atoms with Gasteiger partial charge in [-0.1, -0.05) is 0 Å². The lowest BCUT2D eigenvalue weighted by atomic mass is 10.0. The monoisotopic (exact) mass is 301 g/mol. The normalized spacial score (nSPS) is 36.9. The molecular weight excluding hydrogens is 285 g/mol. The Bertz CT molecular complexity index is 640. The smallest absolute Gasteiger partial charge is 0.330 e. The van der Waals surface area contributed by atoms with E-state index in [2.05, 4.69) is 10.1 Å². The molecule has 1 aromatic rings. The van der Waals surface area contributed by atoms with Crippen LogP contribution in [-0.2, 0) is 4.74 Å². The highest BCUT2D eigenvalue weighted by Gasteiger charge is 2.46. The Morgan fingerprint density at radius 3 is 3.05 bits per heavy atom. The first kappa shape index (κ1) is 13.9. The molecule has 2 unspecified atom stereocenters. The lowest BCUT2D eigenvalue weighted by Gasteiger charge is -2.34. The van der Waals surface area contributed by atoms with Crippen molar-refractivity contribution in [3.05, 3.63) is 32.6 Å². The maximum Gasteiger partial charge on any atom is 0.330 e. The second-order valence-corrected chi connectivity index (χ2v) is 7.43. The van der Waals surface area contributed by atoms with Crippen LogP contribution in [0, 0.1) is 12.8 Å². The van der Waals surface area contributed by atoms with E-state index in [1.165, 1.54) is 10.8 Å². The number of aromatic nitrogens is 2.